The Hall–Kier alpha value is -1.30. The lowest BCUT2D eigenvalue weighted by atomic mass is 10.2. The molecule has 0 bridgehead atoms. The van der Waals surface area contributed by atoms with Crippen LogP contribution >= 0.6 is 0 Å². The van der Waals surface area contributed by atoms with Gasteiger partial charge < -0.3 is 5.32 Å². The Balaban J connectivity index is 2.59. The number of amides is 1. The molecular weight excluding hydrogens is 254 g/mol. The van der Waals surface area contributed by atoms with Gasteiger partial charge in [-0.1, -0.05) is 25.7 Å². The normalized spacial score (nSPS) is 12.3. The highest BCUT2D eigenvalue weighted by Crippen LogP contribution is 2.26. The van der Waals surface area contributed by atoms with Crippen molar-refractivity contribution in [2.75, 3.05) is 5.32 Å². The van der Waals surface area contributed by atoms with Gasteiger partial charge in [-0.25, -0.2) is 0 Å². The van der Waals surface area contributed by atoms with Gasteiger partial charge in [-0.2, -0.15) is 8.78 Å². The molecule has 100 valence electrons. The van der Waals surface area contributed by atoms with Gasteiger partial charge in [-0.15, -0.1) is 0 Å². The van der Waals surface area contributed by atoms with Crippen LogP contribution in [0.25, 0.3) is 0 Å². The first-order valence-electron chi connectivity index (χ1n) is 5.80. The van der Waals surface area contributed by atoms with Crippen LogP contribution in [-0.4, -0.2) is 24.9 Å². The van der Waals surface area contributed by atoms with Gasteiger partial charge in [0.15, 0.2) is 0 Å². The number of pyridine rings is 1. The summed E-state index contributed by atoms with van der Waals surface area (Å²) in [7, 11) is -1.58. The summed E-state index contributed by atoms with van der Waals surface area (Å²) in [4.78, 5) is 15.2. The van der Waals surface area contributed by atoms with Gasteiger partial charge in [0.1, 0.15) is 0 Å². The zero-order valence-corrected chi connectivity index (χ0v) is 11.8. The van der Waals surface area contributed by atoms with Gasteiger partial charge in [-0.3, -0.25) is 9.78 Å². The fourth-order valence-corrected chi connectivity index (χ4v) is 2.37. The highest BCUT2D eigenvalue weighted by Gasteiger charge is 2.39. The molecular formula is C12H18F2N2OSi. The smallest absolute Gasteiger partial charge is 0.319 e. The van der Waals surface area contributed by atoms with Crippen LogP contribution in [0.5, 0.6) is 0 Å². The lowest BCUT2D eigenvalue weighted by Crippen LogP contribution is -2.36. The Morgan fingerprint density at radius 3 is 2.61 bits per heavy atom. The first-order chi connectivity index (χ1) is 8.21. The van der Waals surface area contributed by atoms with Crippen LogP contribution in [0, 0.1) is 0 Å². The van der Waals surface area contributed by atoms with E-state index in [9.17, 15) is 13.6 Å². The van der Waals surface area contributed by atoms with E-state index in [1.165, 1.54) is 18.5 Å². The summed E-state index contributed by atoms with van der Waals surface area (Å²) in [6.07, 6.45) is 2.46. The van der Waals surface area contributed by atoms with Crippen LogP contribution in [0.1, 0.15) is 6.42 Å². The zero-order chi connectivity index (χ0) is 13.8. The van der Waals surface area contributed by atoms with Crippen molar-refractivity contribution < 1.29 is 13.6 Å². The third-order valence-corrected chi connectivity index (χ3v) is 4.19. The van der Waals surface area contributed by atoms with Crippen LogP contribution in [0.3, 0.4) is 0 Å². The summed E-state index contributed by atoms with van der Waals surface area (Å²) < 4.78 is 27.2. The Bertz CT molecular complexity index is 404. The third kappa shape index (κ3) is 4.91. The maximum absolute atomic E-state index is 13.6. The van der Waals surface area contributed by atoms with Gasteiger partial charge in [0.2, 0.25) is 0 Å². The number of nitrogens with one attached hydrogen (secondary N) is 1. The molecule has 0 unspecified atom stereocenters. The molecule has 0 aliphatic rings. The third-order valence-electron chi connectivity index (χ3n) is 2.44. The minimum Gasteiger partial charge on any atom is -0.319 e. The van der Waals surface area contributed by atoms with E-state index >= 15 is 0 Å². The topological polar surface area (TPSA) is 42.0 Å². The minimum absolute atomic E-state index is 0.287. The lowest BCUT2D eigenvalue weighted by molar-refractivity contribution is -0.139. The standard InChI is InChI=1S/C12H18F2N2OSi/c1-18(2,3)8-6-12(13,14)11(17)16-10-5-4-7-15-9-10/h4-5,7,9H,6,8H2,1-3H3,(H,16,17). The van der Waals surface area contributed by atoms with Crippen molar-refractivity contribution in [3.8, 4) is 0 Å². The Morgan fingerprint density at radius 2 is 2.11 bits per heavy atom. The highest BCUT2D eigenvalue weighted by atomic mass is 28.3. The number of anilines is 1. The molecule has 0 aliphatic heterocycles. The number of hydrogen-bond donors (Lipinski definition) is 1. The van der Waals surface area contributed by atoms with E-state index in [1.54, 1.807) is 6.07 Å². The highest BCUT2D eigenvalue weighted by molar-refractivity contribution is 6.76. The molecule has 0 aliphatic carbocycles. The molecule has 18 heavy (non-hydrogen) atoms. The van der Waals surface area contributed by atoms with Gasteiger partial charge in [0, 0.05) is 20.7 Å². The van der Waals surface area contributed by atoms with E-state index in [0.29, 0.717) is 6.04 Å². The largest absolute Gasteiger partial charge is 0.324 e. The molecule has 1 N–H and O–H groups in total. The Labute approximate surface area is 107 Å². The van der Waals surface area contributed by atoms with E-state index in [4.69, 9.17) is 0 Å². The average molecular weight is 272 g/mol. The summed E-state index contributed by atoms with van der Waals surface area (Å²) in [5, 5.41) is 2.18. The van der Waals surface area contributed by atoms with Gasteiger partial charge in [0.25, 0.3) is 5.91 Å². The van der Waals surface area contributed by atoms with Crippen molar-refractivity contribution in [2.45, 2.75) is 38.0 Å². The maximum Gasteiger partial charge on any atom is 0.324 e. The van der Waals surface area contributed by atoms with Crippen LogP contribution < -0.4 is 5.32 Å². The molecule has 0 atom stereocenters. The van der Waals surface area contributed by atoms with Crippen LogP contribution in [0.15, 0.2) is 24.5 Å². The molecule has 1 amide bonds. The summed E-state index contributed by atoms with van der Waals surface area (Å²) in [5.74, 6) is -4.58. The van der Waals surface area contributed by atoms with Crippen molar-refractivity contribution in [3.63, 3.8) is 0 Å². The SMILES string of the molecule is C[Si](C)(C)CCC(F)(F)C(=O)Nc1cccnc1. The first-order valence-corrected chi connectivity index (χ1v) is 9.51. The molecule has 0 spiro atoms. The van der Waals surface area contributed by atoms with Crippen molar-refractivity contribution in [1.29, 1.82) is 0 Å². The zero-order valence-electron chi connectivity index (χ0n) is 10.8. The number of nitrogens with zero attached hydrogens (tertiary/aromatic N) is 1. The fourth-order valence-electron chi connectivity index (χ4n) is 1.30. The molecule has 0 saturated heterocycles. The monoisotopic (exact) mass is 272 g/mol. The lowest BCUT2D eigenvalue weighted by Gasteiger charge is -2.21. The summed E-state index contributed by atoms with van der Waals surface area (Å²) >= 11 is 0. The molecule has 6 heteroatoms. The second-order valence-electron chi connectivity index (χ2n) is 5.46. The van der Waals surface area contributed by atoms with E-state index < -0.39 is 26.3 Å². The number of alkyl halides is 2. The number of halogens is 2. The van der Waals surface area contributed by atoms with E-state index in [0.717, 1.165) is 0 Å². The van der Waals surface area contributed by atoms with Crippen LogP contribution in [0.2, 0.25) is 25.7 Å². The Kier molecular flexibility index (Phi) is 4.56. The fraction of sp³-hybridized carbons (Fsp3) is 0.500. The quantitative estimate of drug-likeness (QED) is 0.835. The summed E-state index contributed by atoms with van der Waals surface area (Å²) in [6.45, 7) is 6.01. The molecule has 1 aromatic rings. The van der Waals surface area contributed by atoms with E-state index in [1.807, 2.05) is 19.6 Å². The van der Waals surface area contributed by atoms with Gasteiger partial charge >= 0.3 is 5.92 Å². The molecule has 1 heterocycles. The molecule has 0 saturated carbocycles. The van der Waals surface area contributed by atoms with Crippen molar-refractivity contribution in [1.82, 2.24) is 4.98 Å². The van der Waals surface area contributed by atoms with Crippen molar-refractivity contribution in [3.05, 3.63) is 24.5 Å². The first kappa shape index (κ1) is 14.8. The Morgan fingerprint density at radius 1 is 1.44 bits per heavy atom. The van der Waals surface area contributed by atoms with Crippen molar-refractivity contribution >= 4 is 19.7 Å². The summed E-state index contributed by atoms with van der Waals surface area (Å²) in [6, 6.07) is 3.52. The molecule has 3 nitrogen and oxygen atoms in total. The second kappa shape index (κ2) is 5.56. The molecule has 1 rings (SSSR count). The number of rotatable bonds is 5. The maximum atomic E-state index is 13.6. The number of aromatic nitrogens is 1. The van der Waals surface area contributed by atoms with Gasteiger partial charge in [0.05, 0.1) is 11.9 Å². The second-order valence-corrected chi connectivity index (χ2v) is 11.1. The van der Waals surface area contributed by atoms with Gasteiger partial charge in [-0.05, 0) is 12.1 Å². The molecule has 1 aromatic heterocycles. The predicted molar refractivity (Wildman–Crippen MR) is 70.6 cm³/mol. The van der Waals surface area contributed by atoms with Crippen molar-refractivity contribution in [2.24, 2.45) is 0 Å². The number of carbonyl (C=O) groups excluding carboxylic acids is 1. The molecule has 0 fully saturated rings. The predicted octanol–water partition coefficient (Wildman–Crippen LogP) is 3.38. The number of hydrogen-bond acceptors (Lipinski definition) is 2. The summed E-state index contributed by atoms with van der Waals surface area (Å²) in [5.41, 5.74) is 0.287. The van der Waals surface area contributed by atoms with E-state index in [-0.39, 0.29) is 5.69 Å². The molecule has 0 radical (unpaired) electrons. The van der Waals surface area contributed by atoms with E-state index in [2.05, 4.69) is 10.3 Å². The van der Waals surface area contributed by atoms with Crippen LogP contribution in [-0.2, 0) is 4.79 Å². The average Bonchev–Trinajstić information content (AvgIpc) is 2.27. The minimum atomic E-state index is -3.32. The number of carbonyl (C=O) groups is 1. The molecule has 0 aromatic carbocycles. The van der Waals surface area contributed by atoms with Crippen LogP contribution in [0.4, 0.5) is 14.5 Å².